The van der Waals surface area contributed by atoms with Gasteiger partial charge in [-0.3, -0.25) is 0 Å². The van der Waals surface area contributed by atoms with Gasteiger partial charge >= 0.3 is 0 Å². The van der Waals surface area contributed by atoms with Crippen molar-refractivity contribution < 1.29 is 4.74 Å². The maximum atomic E-state index is 5.92. The predicted molar refractivity (Wildman–Crippen MR) is 79.7 cm³/mol. The zero-order valence-corrected chi connectivity index (χ0v) is 11.8. The molecule has 0 bridgehead atoms. The van der Waals surface area contributed by atoms with Crippen LogP contribution in [0.3, 0.4) is 0 Å². The Balaban J connectivity index is 1.87. The van der Waals surface area contributed by atoms with Crippen molar-refractivity contribution in [2.45, 2.75) is 44.6 Å². The molecule has 1 aliphatic carbocycles. The molecule has 2 fully saturated rings. The number of nitrogens with zero attached hydrogens (tertiary/aromatic N) is 1. The highest BCUT2D eigenvalue weighted by atomic mass is 16.5. The molecule has 1 aromatic carbocycles. The van der Waals surface area contributed by atoms with Gasteiger partial charge in [-0.05, 0) is 43.7 Å². The van der Waals surface area contributed by atoms with Crippen molar-refractivity contribution >= 4 is 11.4 Å². The summed E-state index contributed by atoms with van der Waals surface area (Å²) in [5.74, 6) is 1.70. The number of rotatable bonds is 2. The van der Waals surface area contributed by atoms with Crippen molar-refractivity contribution in [3.8, 4) is 5.75 Å². The van der Waals surface area contributed by atoms with E-state index >= 15 is 0 Å². The lowest BCUT2D eigenvalue weighted by molar-refractivity contribution is 0.243. The molecule has 19 heavy (non-hydrogen) atoms. The van der Waals surface area contributed by atoms with Crippen molar-refractivity contribution in [3.05, 3.63) is 18.2 Å². The quantitative estimate of drug-likeness (QED) is 0.828. The van der Waals surface area contributed by atoms with Gasteiger partial charge < -0.3 is 15.4 Å². The Bertz CT molecular complexity index is 444. The summed E-state index contributed by atoms with van der Waals surface area (Å²) < 4.78 is 5.36. The number of hydrogen-bond donors (Lipinski definition) is 1. The van der Waals surface area contributed by atoms with Crippen LogP contribution in [0.1, 0.15) is 38.5 Å². The van der Waals surface area contributed by atoms with Gasteiger partial charge in [-0.25, -0.2) is 0 Å². The standard InChI is InChI=1S/C16H24N2O/c1-19-16-11-13(8-9-14(16)17)18-10-4-6-12-5-2-3-7-15(12)18/h8-9,11-12,15H,2-7,10,17H2,1H3. The van der Waals surface area contributed by atoms with E-state index in [1.54, 1.807) is 7.11 Å². The van der Waals surface area contributed by atoms with Crippen LogP contribution in [0, 0.1) is 5.92 Å². The summed E-state index contributed by atoms with van der Waals surface area (Å²) in [6.07, 6.45) is 8.27. The number of ether oxygens (including phenoxy) is 1. The van der Waals surface area contributed by atoms with E-state index in [1.165, 1.54) is 50.8 Å². The summed E-state index contributed by atoms with van der Waals surface area (Å²) in [7, 11) is 1.69. The van der Waals surface area contributed by atoms with Crippen molar-refractivity contribution in [2.24, 2.45) is 5.92 Å². The molecule has 2 unspecified atom stereocenters. The summed E-state index contributed by atoms with van der Waals surface area (Å²) in [6.45, 7) is 1.17. The maximum absolute atomic E-state index is 5.92. The molecule has 0 radical (unpaired) electrons. The van der Waals surface area contributed by atoms with Crippen LogP contribution in [0.5, 0.6) is 5.75 Å². The zero-order chi connectivity index (χ0) is 13.2. The normalized spacial score (nSPS) is 26.9. The van der Waals surface area contributed by atoms with Crippen LogP contribution in [0.15, 0.2) is 18.2 Å². The number of methoxy groups -OCH3 is 1. The Kier molecular flexibility index (Phi) is 3.54. The molecule has 0 amide bonds. The fraction of sp³-hybridized carbons (Fsp3) is 0.625. The second-order valence-electron chi connectivity index (χ2n) is 5.87. The molecule has 1 heterocycles. The van der Waals surface area contributed by atoms with Gasteiger partial charge in [-0.1, -0.05) is 12.8 Å². The van der Waals surface area contributed by atoms with Crippen LogP contribution in [-0.4, -0.2) is 19.7 Å². The lowest BCUT2D eigenvalue weighted by atomic mass is 9.78. The van der Waals surface area contributed by atoms with Crippen LogP contribution in [0.2, 0.25) is 0 Å². The van der Waals surface area contributed by atoms with Gasteiger partial charge in [0.2, 0.25) is 0 Å². The van der Waals surface area contributed by atoms with E-state index in [1.807, 2.05) is 6.07 Å². The number of anilines is 2. The number of piperidine rings is 1. The molecule has 104 valence electrons. The number of benzene rings is 1. The first-order chi connectivity index (χ1) is 9.29. The Morgan fingerprint density at radius 2 is 1.95 bits per heavy atom. The fourth-order valence-electron chi connectivity index (χ4n) is 3.82. The zero-order valence-electron chi connectivity index (χ0n) is 11.8. The third kappa shape index (κ3) is 2.38. The highest BCUT2D eigenvalue weighted by Gasteiger charge is 2.33. The van der Waals surface area contributed by atoms with E-state index in [9.17, 15) is 0 Å². The second-order valence-corrected chi connectivity index (χ2v) is 5.87. The van der Waals surface area contributed by atoms with Crippen LogP contribution in [0.4, 0.5) is 11.4 Å². The van der Waals surface area contributed by atoms with Crippen LogP contribution >= 0.6 is 0 Å². The van der Waals surface area contributed by atoms with E-state index in [2.05, 4.69) is 17.0 Å². The van der Waals surface area contributed by atoms with Gasteiger partial charge in [0.1, 0.15) is 5.75 Å². The molecule has 3 rings (SSSR count). The average molecular weight is 260 g/mol. The lowest BCUT2D eigenvalue weighted by Crippen LogP contribution is -2.46. The molecule has 0 spiro atoms. The number of fused-ring (bicyclic) bond motifs is 1. The molecule has 3 nitrogen and oxygen atoms in total. The Hall–Kier alpha value is -1.38. The summed E-state index contributed by atoms with van der Waals surface area (Å²) in [4.78, 5) is 2.59. The van der Waals surface area contributed by atoms with E-state index in [0.717, 1.165) is 23.4 Å². The SMILES string of the molecule is COc1cc(N2CCCC3CCCCC32)ccc1N. The van der Waals surface area contributed by atoms with Crippen molar-refractivity contribution in [1.29, 1.82) is 0 Å². The molecule has 1 saturated carbocycles. The lowest BCUT2D eigenvalue weighted by Gasteiger charge is -2.45. The molecule has 1 aliphatic heterocycles. The van der Waals surface area contributed by atoms with E-state index < -0.39 is 0 Å². The molecule has 1 aromatic rings. The number of nitrogens with two attached hydrogens (primary N) is 1. The van der Waals surface area contributed by atoms with Gasteiger partial charge in [0.25, 0.3) is 0 Å². The first kappa shape index (κ1) is 12.6. The first-order valence-electron chi connectivity index (χ1n) is 7.50. The van der Waals surface area contributed by atoms with Crippen LogP contribution in [-0.2, 0) is 0 Å². The van der Waals surface area contributed by atoms with Gasteiger partial charge in [-0.2, -0.15) is 0 Å². The fourth-order valence-corrected chi connectivity index (χ4v) is 3.82. The van der Waals surface area contributed by atoms with Crippen molar-refractivity contribution in [3.63, 3.8) is 0 Å². The topological polar surface area (TPSA) is 38.5 Å². The molecule has 0 aromatic heterocycles. The van der Waals surface area contributed by atoms with Crippen molar-refractivity contribution in [1.82, 2.24) is 0 Å². The molecule has 2 aliphatic rings. The average Bonchev–Trinajstić information content (AvgIpc) is 2.47. The molecular weight excluding hydrogens is 236 g/mol. The van der Waals surface area contributed by atoms with Gasteiger partial charge in [0, 0.05) is 24.3 Å². The Labute approximate surface area is 115 Å². The van der Waals surface area contributed by atoms with E-state index in [4.69, 9.17) is 10.5 Å². The summed E-state index contributed by atoms with van der Waals surface area (Å²) >= 11 is 0. The highest BCUT2D eigenvalue weighted by Crippen LogP contribution is 2.39. The van der Waals surface area contributed by atoms with Gasteiger partial charge in [-0.15, -0.1) is 0 Å². The molecule has 3 heteroatoms. The van der Waals surface area contributed by atoms with Crippen LogP contribution < -0.4 is 15.4 Å². The smallest absolute Gasteiger partial charge is 0.143 e. The second kappa shape index (κ2) is 5.32. The highest BCUT2D eigenvalue weighted by molar-refractivity contribution is 5.62. The number of nitrogen functional groups attached to an aromatic ring is 1. The third-order valence-electron chi connectivity index (χ3n) is 4.79. The van der Waals surface area contributed by atoms with Gasteiger partial charge in [0.15, 0.2) is 0 Å². The molecular formula is C16H24N2O. The molecule has 1 saturated heterocycles. The third-order valence-corrected chi connectivity index (χ3v) is 4.79. The summed E-state index contributed by atoms with van der Waals surface area (Å²) in [5.41, 5.74) is 7.92. The number of hydrogen-bond acceptors (Lipinski definition) is 3. The minimum atomic E-state index is 0.725. The summed E-state index contributed by atoms with van der Waals surface area (Å²) in [5, 5.41) is 0. The van der Waals surface area contributed by atoms with E-state index in [0.29, 0.717) is 0 Å². The maximum Gasteiger partial charge on any atom is 0.143 e. The van der Waals surface area contributed by atoms with E-state index in [-0.39, 0.29) is 0 Å². The minimum Gasteiger partial charge on any atom is -0.495 e. The Morgan fingerprint density at radius 1 is 1.16 bits per heavy atom. The molecule has 2 N–H and O–H groups in total. The first-order valence-corrected chi connectivity index (χ1v) is 7.50. The van der Waals surface area contributed by atoms with Crippen LogP contribution in [0.25, 0.3) is 0 Å². The largest absolute Gasteiger partial charge is 0.495 e. The summed E-state index contributed by atoms with van der Waals surface area (Å²) in [6, 6.07) is 6.96. The van der Waals surface area contributed by atoms with Gasteiger partial charge in [0.05, 0.1) is 12.8 Å². The van der Waals surface area contributed by atoms with Crippen molar-refractivity contribution in [2.75, 3.05) is 24.3 Å². The molecule has 2 atom stereocenters. The monoisotopic (exact) mass is 260 g/mol. The Morgan fingerprint density at radius 3 is 2.79 bits per heavy atom. The minimum absolute atomic E-state index is 0.725. The predicted octanol–water partition coefficient (Wildman–Crippen LogP) is 3.44.